The second-order valence-electron chi connectivity index (χ2n) is 4.89. The molecule has 1 unspecified atom stereocenters. The molecule has 1 aliphatic heterocycles. The molecule has 0 amide bonds. The van der Waals surface area contributed by atoms with Crippen molar-refractivity contribution in [3.8, 4) is 11.4 Å². The van der Waals surface area contributed by atoms with Crippen LogP contribution in [-0.2, 0) is 6.42 Å². The number of H-pyrrole nitrogens is 1. The van der Waals surface area contributed by atoms with Crippen LogP contribution >= 0.6 is 0 Å². The van der Waals surface area contributed by atoms with Crippen LogP contribution in [0.15, 0.2) is 30.5 Å². The van der Waals surface area contributed by atoms with E-state index in [2.05, 4.69) is 46.5 Å². The molecule has 1 aromatic carbocycles. The van der Waals surface area contributed by atoms with Crippen molar-refractivity contribution < 1.29 is 0 Å². The summed E-state index contributed by atoms with van der Waals surface area (Å²) in [6, 6.07) is 9.09. The molecule has 2 N–H and O–H groups in total. The summed E-state index contributed by atoms with van der Waals surface area (Å²) in [5.41, 5.74) is 3.74. The van der Waals surface area contributed by atoms with Crippen LogP contribution in [0.3, 0.4) is 0 Å². The second-order valence-corrected chi connectivity index (χ2v) is 4.89. The minimum absolute atomic E-state index is 0.459. The van der Waals surface area contributed by atoms with E-state index in [0.29, 0.717) is 6.04 Å². The lowest BCUT2D eigenvalue weighted by molar-refractivity contribution is 0.632. The fourth-order valence-electron chi connectivity index (χ4n) is 2.51. The fraction of sp³-hybridized carbons (Fsp3) is 0.400. The Kier molecular flexibility index (Phi) is 3.15. The number of rotatable bonds is 3. The predicted octanol–water partition coefficient (Wildman–Crippen LogP) is 3.06. The molecule has 1 aliphatic rings. The maximum atomic E-state index is 4.49. The van der Waals surface area contributed by atoms with Gasteiger partial charge in [-0.1, -0.05) is 31.2 Å². The van der Waals surface area contributed by atoms with Crippen molar-refractivity contribution in [1.29, 1.82) is 0 Å². The Morgan fingerprint density at radius 2 is 2.11 bits per heavy atom. The maximum Gasteiger partial charge on any atom is 0.137 e. The van der Waals surface area contributed by atoms with Crippen molar-refractivity contribution in [2.45, 2.75) is 32.2 Å². The Balaban J connectivity index is 1.82. The molecule has 18 heavy (non-hydrogen) atoms. The van der Waals surface area contributed by atoms with Gasteiger partial charge in [0.15, 0.2) is 0 Å². The molecule has 94 valence electrons. The number of nitrogens with zero attached hydrogens (tertiary/aromatic N) is 1. The first-order chi connectivity index (χ1) is 8.86. The third kappa shape index (κ3) is 2.18. The van der Waals surface area contributed by atoms with Crippen LogP contribution in [0.5, 0.6) is 0 Å². The van der Waals surface area contributed by atoms with E-state index in [4.69, 9.17) is 0 Å². The van der Waals surface area contributed by atoms with E-state index in [1.54, 1.807) is 0 Å². The van der Waals surface area contributed by atoms with Crippen molar-refractivity contribution in [2.24, 2.45) is 0 Å². The predicted molar refractivity (Wildman–Crippen MR) is 73.4 cm³/mol. The molecule has 1 aromatic heterocycles. The minimum Gasteiger partial charge on any atom is -0.341 e. The van der Waals surface area contributed by atoms with Gasteiger partial charge in [0.05, 0.1) is 11.9 Å². The van der Waals surface area contributed by atoms with Crippen LogP contribution in [0.2, 0.25) is 0 Å². The first-order valence-corrected chi connectivity index (χ1v) is 6.74. The summed E-state index contributed by atoms with van der Waals surface area (Å²) in [6.45, 7) is 3.29. The van der Waals surface area contributed by atoms with Gasteiger partial charge >= 0.3 is 0 Å². The Morgan fingerprint density at radius 1 is 1.28 bits per heavy atom. The molecular formula is C15H19N3. The zero-order valence-electron chi connectivity index (χ0n) is 10.7. The molecule has 2 heterocycles. The zero-order chi connectivity index (χ0) is 12.4. The van der Waals surface area contributed by atoms with Gasteiger partial charge in [-0.2, -0.15) is 0 Å². The van der Waals surface area contributed by atoms with Crippen LogP contribution in [0.25, 0.3) is 11.4 Å². The van der Waals surface area contributed by atoms with Gasteiger partial charge in [-0.05, 0) is 31.4 Å². The third-order valence-corrected chi connectivity index (χ3v) is 3.67. The number of aromatic nitrogens is 2. The smallest absolute Gasteiger partial charge is 0.137 e. The molecule has 0 aliphatic carbocycles. The molecule has 3 heteroatoms. The summed E-state index contributed by atoms with van der Waals surface area (Å²) in [6.07, 6.45) is 5.50. The molecule has 1 saturated heterocycles. The van der Waals surface area contributed by atoms with Gasteiger partial charge in [-0.15, -0.1) is 0 Å². The number of nitrogens with one attached hydrogen (secondary N) is 2. The van der Waals surface area contributed by atoms with Crippen molar-refractivity contribution in [3.63, 3.8) is 0 Å². The van der Waals surface area contributed by atoms with Crippen LogP contribution in [-0.4, -0.2) is 16.5 Å². The molecule has 2 aromatic rings. The van der Waals surface area contributed by atoms with Gasteiger partial charge in [-0.25, -0.2) is 4.98 Å². The SMILES string of the molecule is CCc1ccc(-c2ncc(C3CCCN3)[nH]2)cc1. The fourth-order valence-corrected chi connectivity index (χ4v) is 2.51. The summed E-state index contributed by atoms with van der Waals surface area (Å²) >= 11 is 0. The first kappa shape index (κ1) is 11.5. The molecule has 0 spiro atoms. The summed E-state index contributed by atoms with van der Waals surface area (Å²) in [7, 11) is 0. The van der Waals surface area contributed by atoms with Gasteiger partial charge in [0.1, 0.15) is 5.82 Å². The lowest BCUT2D eigenvalue weighted by Crippen LogP contribution is -2.12. The first-order valence-electron chi connectivity index (χ1n) is 6.74. The molecule has 0 bridgehead atoms. The van der Waals surface area contributed by atoms with Crippen molar-refractivity contribution in [3.05, 3.63) is 41.7 Å². The Labute approximate surface area is 108 Å². The van der Waals surface area contributed by atoms with E-state index in [1.807, 2.05) is 6.20 Å². The molecule has 3 nitrogen and oxygen atoms in total. The highest BCUT2D eigenvalue weighted by molar-refractivity contribution is 5.55. The van der Waals surface area contributed by atoms with Crippen molar-refractivity contribution in [1.82, 2.24) is 15.3 Å². The van der Waals surface area contributed by atoms with E-state index in [0.717, 1.165) is 24.4 Å². The molecule has 1 fully saturated rings. The highest BCUT2D eigenvalue weighted by atomic mass is 15.0. The normalized spacial score (nSPS) is 19.3. The Bertz CT molecular complexity index is 507. The van der Waals surface area contributed by atoms with E-state index < -0.39 is 0 Å². The van der Waals surface area contributed by atoms with Crippen molar-refractivity contribution in [2.75, 3.05) is 6.54 Å². The molecule has 1 atom stereocenters. The zero-order valence-corrected chi connectivity index (χ0v) is 10.7. The van der Waals surface area contributed by atoms with Gasteiger partial charge in [0, 0.05) is 11.6 Å². The summed E-state index contributed by atoms with van der Waals surface area (Å²) in [4.78, 5) is 7.93. The number of hydrogen-bond donors (Lipinski definition) is 2. The summed E-state index contributed by atoms with van der Waals surface area (Å²) < 4.78 is 0. The quantitative estimate of drug-likeness (QED) is 0.867. The van der Waals surface area contributed by atoms with Gasteiger partial charge < -0.3 is 10.3 Å². The minimum atomic E-state index is 0.459. The number of imidazole rings is 1. The lowest BCUT2D eigenvalue weighted by atomic mass is 10.1. The van der Waals surface area contributed by atoms with E-state index in [-0.39, 0.29) is 0 Å². The van der Waals surface area contributed by atoms with Gasteiger partial charge in [-0.3, -0.25) is 0 Å². The largest absolute Gasteiger partial charge is 0.341 e. The van der Waals surface area contributed by atoms with Crippen LogP contribution in [0.1, 0.15) is 37.1 Å². The van der Waals surface area contributed by atoms with Gasteiger partial charge in [0.25, 0.3) is 0 Å². The standard InChI is InChI=1S/C15H19N3/c1-2-11-5-7-12(8-6-11)15-17-10-14(18-15)13-4-3-9-16-13/h5-8,10,13,16H,2-4,9H2,1H3,(H,17,18). The number of benzene rings is 1. The van der Waals surface area contributed by atoms with Crippen LogP contribution in [0.4, 0.5) is 0 Å². The second kappa shape index (κ2) is 4.94. The van der Waals surface area contributed by atoms with E-state index >= 15 is 0 Å². The molecule has 0 radical (unpaired) electrons. The summed E-state index contributed by atoms with van der Waals surface area (Å²) in [5, 5.41) is 3.48. The third-order valence-electron chi connectivity index (χ3n) is 3.67. The average molecular weight is 241 g/mol. The highest BCUT2D eigenvalue weighted by Gasteiger charge is 2.18. The monoisotopic (exact) mass is 241 g/mol. The van der Waals surface area contributed by atoms with Crippen molar-refractivity contribution >= 4 is 0 Å². The lowest BCUT2D eigenvalue weighted by Gasteiger charge is -2.06. The molecule has 3 rings (SSSR count). The van der Waals surface area contributed by atoms with Gasteiger partial charge in [0.2, 0.25) is 0 Å². The molecule has 0 saturated carbocycles. The number of aromatic amines is 1. The topological polar surface area (TPSA) is 40.7 Å². The van der Waals surface area contributed by atoms with Crippen LogP contribution in [0, 0.1) is 0 Å². The Hall–Kier alpha value is -1.61. The summed E-state index contributed by atoms with van der Waals surface area (Å²) in [5.74, 6) is 0.973. The maximum absolute atomic E-state index is 4.49. The number of hydrogen-bond acceptors (Lipinski definition) is 2. The molecular weight excluding hydrogens is 222 g/mol. The average Bonchev–Trinajstić information content (AvgIpc) is 3.09. The highest BCUT2D eigenvalue weighted by Crippen LogP contribution is 2.24. The van der Waals surface area contributed by atoms with Crippen LogP contribution < -0.4 is 5.32 Å². The van der Waals surface area contributed by atoms with E-state index in [1.165, 1.54) is 24.1 Å². The van der Waals surface area contributed by atoms with E-state index in [9.17, 15) is 0 Å². The Morgan fingerprint density at radius 3 is 2.78 bits per heavy atom. The number of aryl methyl sites for hydroxylation is 1.